The lowest BCUT2D eigenvalue weighted by molar-refractivity contribution is -0.122. The van der Waals surface area contributed by atoms with Crippen molar-refractivity contribution in [3.63, 3.8) is 0 Å². The van der Waals surface area contributed by atoms with Crippen molar-refractivity contribution in [3.8, 4) is 5.69 Å². The molecule has 1 aromatic heterocycles. The number of carbonyl (C=O) groups excluding carboxylic acids is 2. The topological polar surface area (TPSA) is 67.2 Å². The molecule has 6 nitrogen and oxygen atoms in total. The van der Waals surface area contributed by atoms with Crippen LogP contribution in [-0.4, -0.2) is 40.4 Å². The molecule has 0 saturated heterocycles. The van der Waals surface area contributed by atoms with Crippen molar-refractivity contribution in [1.29, 1.82) is 0 Å². The molecule has 3 aromatic rings. The minimum Gasteiger partial charge on any atom is -0.355 e. The van der Waals surface area contributed by atoms with Gasteiger partial charge in [-0.1, -0.05) is 69.1 Å². The number of aromatic nitrogens is 2. The van der Waals surface area contributed by atoms with E-state index in [1.54, 1.807) is 16.7 Å². The largest absolute Gasteiger partial charge is 0.355 e. The summed E-state index contributed by atoms with van der Waals surface area (Å²) >= 11 is 7.97. The van der Waals surface area contributed by atoms with Gasteiger partial charge in [0.05, 0.1) is 22.4 Å². The molecule has 0 bridgehead atoms. The summed E-state index contributed by atoms with van der Waals surface area (Å²) < 4.78 is 1.87. The second kappa shape index (κ2) is 10.9. The van der Waals surface area contributed by atoms with Gasteiger partial charge in [-0.05, 0) is 49.6 Å². The zero-order valence-electron chi connectivity index (χ0n) is 22.4. The standard InChI is InChI=1S/C29H35ClN4O2S/c1-7-13-31-23(35)16-33-24(36)17-37-26(20-9-8-10-21(30)15-20)25-27(29(4,5)6)32-34(28(25)33)22-12-11-18(2)14-19(22)3/h8-12,14-15,26H,7,13,16-17H2,1-6H3,(H,31,35). The summed E-state index contributed by atoms with van der Waals surface area (Å²) in [5.41, 5.74) is 5.63. The molecule has 1 unspecified atom stereocenters. The summed E-state index contributed by atoms with van der Waals surface area (Å²) in [7, 11) is 0. The summed E-state index contributed by atoms with van der Waals surface area (Å²) in [5.74, 6) is 0.596. The summed E-state index contributed by atoms with van der Waals surface area (Å²) in [6, 6.07) is 14.0. The fourth-order valence-corrected chi connectivity index (χ4v) is 6.07. The van der Waals surface area contributed by atoms with Crippen LogP contribution in [0.1, 0.15) is 67.3 Å². The van der Waals surface area contributed by atoms with Crippen LogP contribution in [0.5, 0.6) is 0 Å². The Morgan fingerprint density at radius 1 is 1.19 bits per heavy atom. The maximum absolute atomic E-state index is 13.7. The quantitative estimate of drug-likeness (QED) is 0.409. The van der Waals surface area contributed by atoms with Crippen molar-refractivity contribution in [2.24, 2.45) is 0 Å². The number of nitrogens with one attached hydrogen (secondary N) is 1. The molecule has 1 N–H and O–H groups in total. The maximum atomic E-state index is 13.7. The molecule has 196 valence electrons. The predicted octanol–water partition coefficient (Wildman–Crippen LogP) is 6.14. The third-order valence-corrected chi connectivity index (χ3v) is 7.90. The van der Waals surface area contributed by atoms with Crippen LogP contribution in [-0.2, 0) is 15.0 Å². The van der Waals surface area contributed by atoms with Gasteiger partial charge in [-0.2, -0.15) is 5.10 Å². The second-order valence-corrected chi connectivity index (χ2v) is 12.1. The van der Waals surface area contributed by atoms with Crippen LogP contribution in [0, 0.1) is 13.8 Å². The van der Waals surface area contributed by atoms with Gasteiger partial charge in [0.1, 0.15) is 12.4 Å². The number of aryl methyl sites for hydroxylation is 2. The van der Waals surface area contributed by atoms with E-state index in [1.807, 2.05) is 54.9 Å². The number of hydrogen-bond acceptors (Lipinski definition) is 4. The molecule has 37 heavy (non-hydrogen) atoms. The van der Waals surface area contributed by atoms with Gasteiger partial charge < -0.3 is 5.32 Å². The molecule has 8 heteroatoms. The van der Waals surface area contributed by atoms with Gasteiger partial charge in [0.2, 0.25) is 11.8 Å². The first-order valence-electron chi connectivity index (χ1n) is 12.7. The van der Waals surface area contributed by atoms with E-state index >= 15 is 0 Å². The summed E-state index contributed by atoms with van der Waals surface area (Å²) in [6.45, 7) is 13.0. The first-order chi connectivity index (χ1) is 17.5. The fourth-order valence-electron chi connectivity index (χ4n) is 4.68. The number of amides is 2. The smallest absolute Gasteiger partial charge is 0.240 e. The molecule has 0 saturated carbocycles. The molecule has 0 fully saturated rings. The number of hydrogen-bond donors (Lipinski definition) is 1. The van der Waals surface area contributed by atoms with Crippen molar-refractivity contribution >= 4 is 41.0 Å². The second-order valence-electron chi connectivity index (χ2n) is 10.6. The van der Waals surface area contributed by atoms with Gasteiger partial charge in [-0.3, -0.25) is 14.5 Å². The monoisotopic (exact) mass is 538 g/mol. The van der Waals surface area contributed by atoms with Crippen molar-refractivity contribution in [2.45, 2.75) is 58.6 Å². The van der Waals surface area contributed by atoms with Gasteiger partial charge in [-0.25, -0.2) is 4.68 Å². The molecule has 4 rings (SSSR count). The van der Waals surface area contributed by atoms with Gasteiger partial charge in [0, 0.05) is 22.5 Å². The average Bonchev–Trinajstić information content (AvgIpc) is 3.15. The fraction of sp³-hybridized carbons (Fsp3) is 0.414. The van der Waals surface area contributed by atoms with Crippen molar-refractivity contribution < 1.29 is 9.59 Å². The summed E-state index contributed by atoms with van der Waals surface area (Å²) in [4.78, 5) is 28.2. The Hall–Kier alpha value is -2.77. The van der Waals surface area contributed by atoms with Crippen molar-refractivity contribution in [2.75, 3.05) is 23.7 Å². The molecule has 1 aliphatic rings. The molecule has 2 heterocycles. The van der Waals surface area contributed by atoms with Crippen LogP contribution in [0.4, 0.5) is 5.82 Å². The molecule has 2 aromatic carbocycles. The normalized spacial score (nSPS) is 15.9. The van der Waals surface area contributed by atoms with E-state index in [0.717, 1.165) is 40.1 Å². The Bertz CT molecular complexity index is 1330. The van der Waals surface area contributed by atoms with E-state index in [-0.39, 0.29) is 34.8 Å². The Kier molecular flexibility index (Phi) is 8.05. The summed E-state index contributed by atoms with van der Waals surface area (Å²) in [5, 5.41) is 8.57. The molecule has 0 radical (unpaired) electrons. The van der Waals surface area contributed by atoms with Crippen molar-refractivity contribution in [3.05, 3.63) is 75.4 Å². The van der Waals surface area contributed by atoms with Gasteiger partial charge >= 0.3 is 0 Å². The van der Waals surface area contributed by atoms with E-state index in [9.17, 15) is 9.59 Å². The SMILES string of the molecule is CCCNC(=O)CN1C(=O)CSC(c2cccc(Cl)c2)c2c(C(C)(C)C)nn(-c3ccc(C)cc3C)c21. The lowest BCUT2D eigenvalue weighted by atomic mass is 9.87. The van der Waals surface area contributed by atoms with E-state index in [4.69, 9.17) is 16.7 Å². The van der Waals surface area contributed by atoms with Crippen LogP contribution in [0.2, 0.25) is 5.02 Å². The van der Waals surface area contributed by atoms with Crippen LogP contribution < -0.4 is 10.2 Å². The van der Waals surface area contributed by atoms with Gasteiger partial charge in [-0.15, -0.1) is 11.8 Å². The minimum atomic E-state index is -0.311. The molecule has 0 aliphatic carbocycles. The highest BCUT2D eigenvalue weighted by atomic mass is 35.5. The molecule has 1 atom stereocenters. The van der Waals surface area contributed by atoms with E-state index in [1.165, 1.54) is 0 Å². The number of fused-ring (bicyclic) bond motifs is 1. The zero-order chi connectivity index (χ0) is 26.9. The van der Waals surface area contributed by atoms with Gasteiger partial charge in [0.25, 0.3) is 0 Å². The lowest BCUT2D eigenvalue weighted by Crippen LogP contribution is -2.42. The number of anilines is 1. The highest BCUT2D eigenvalue weighted by Crippen LogP contribution is 2.48. The first-order valence-corrected chi connectivity index (χ1v) is 14.1. The van der Waals surface area contributed by atoms with Crippen LogP contribution in [0.15, 0.2) is 42.5 Å². The highest BCUT2D eigenvalue weighted by molar-refractivity contribution is 8.00. The van der Waals surface area contributed by atoms with E-state index in [0.29, 0.717) is 17.4 Å². The Labute approximate surface area is 228 Å². The van der Waals surface area contributed by atoms with Crippen LogP contribution in [0.3, 0.4) is 0 Å². The Morgan fingerprint density at radius 3 is 2.59 bits per heavy atom. The van der Waals surface area contributed by atoms with Gasteiger partial charge in [0.15, 0.2) is 0 Å². The lowest BCUT2D eigenvalue weighted by Gasteiger charge is -2.25. The van der Waals surface area contributed by atoms with Crippen molar-refractivity contribution in [1.82, 2.24) is 15.1 Å². The minimum absolute atomic E-state index is 0.0607. The number of carbonyl (C=O) groups is 2. The zero-order valence-corrected chi connectivity index (χ0v) is 24.0. The Balaban J connectivity index is 2.03. The number of benzene rings is 2. The van der Waals surface area contributed by atoms with E-state index in [2.05, 4.69) is 39.1 Å². The molecular formula is C29H35ClN4O2S. The van der Waals surface area contributed by atoms with Crippen LogP contribution in [0.25, 0.3) is 5.69 Å². The summed E-state index contributed by atoms with van der Waals surface area (Å²) in [6.07, 6.45) is 0.826. The molecule has 1 aliphatic heterocycles. The highest BCUT2D eigenvalue weighted by Gasteiger charge is 2.40. The third kappa shape index (κ3) is 5.73. The average molecular weight is 539 g/mol. The third-order valence-electron chi connectivity index (χ3n) is 6.41. The van der Waals surface area contributed by atoms with Crippen LogP contribution >= 0.6 is 23.4 Å². The molecular weight excluding hydrogens is 504 g/mol. The number of nitrogens with zero attached hydrogens (tertiary/aromatic N) is 3. The number of halogens is 1. The molecule has 0 spiro atoms. The Morgan fingerprint density at radius 2 is 1.95 bits per heavy atom. The number of rotatable bonds is 6. The molecule has 2 amide bonds. The number of thioether (sulfide) groups is 1. The van der Waals surface area contributed by atoms with E-state index < -0.39 is 0 Å². The maximum Gasteiger partial charge on any atom is 0.240 e. The predicted molar refractivity (Wildman–Crippen MR) is 153 cm³/mol. The first kappa shape index (κ1) is 27.3.